The lowest BCUT2D eigenvalue weighted by atomic mass is 10.2. The Balaban J connectivity index is 1.84. The average Bonchev–Trinajstić information content (AvgIpc) is 2.48. The lowest BCUT2D eigenvalue weighted by Gasteiger charge is -2.15. The first kappa shape index (κ1) is 15.8. The molecule has 0 heterocycles. The minimum Gasteiger partial charge on any atom is -0.488 e. The van der Waals surface area contributed by atoms with Gasteiger partial charge in [-0.1, -0.05) is 24.3 Å². The number of rotatable bonds is 6. The van der Waals surface area contributed by atoms with Gasteiger partial charge >= 0.3 is 0 Å². The fraction of sp³-hybridized carbons (Fsp3) is 0.250. The number of aliphatic hydroxyl groups excluding tert-OH is 1. The molecule has 0 spiro atoms. The van der Waals surface area contributed by atoms with Gasteiger partial charge in [0, 0.05) is 16.7 Å². The van der Waals surface area contributed by atoms with Gasteiger partial charge in [0.05, 0.1) is 0 Å². The number of hydrogen-bond donors (Lipinski definition) is 2. The first-order valence-corrected chi connectivity index (χ1v) is 7.41. The van der Waals surface area contributed by atoms with E-state index in [9.17, 15) is 9.50 Å². The Bertz CT molecular complexity index is 607. The van der Waals surface area contributed by atoms with Crippen molar-refractivity contribution in [3.63, 3.8) is 0 Å². The number of hydrogen-bond acceptors (Lipinski definition) is 3. The first-order chi connectivity index (χ1) is 10.1. The van der Waals surface area contributed by atoms with E-state index < -0.39 is 11.9 Å². The van der Waals surface area contributed by atoms with Gasteiger partial charge in [-0.05, 0) is 46.6 Å². The van der Waals surface area contributed by atoms with Crippen LogP contribution in [-0.4, -0.2) is 24.4 Å². The number of benzene rings is 2. The van der Waals surface area contributed by atoms with Gasteiger partial charge in [-0.15, -0.1) is 0 Å². The van der Waals surface area contributed by atoms with Crippen molar-refractivity contribution in [1.82, 2.24) is 0 Å². The average molecular weight is 354 g/mol. The van der Waals surface area contributed by atoms with Crippen LogP contribution in [0.1, 0.15) is 5.56 Å². The predicted octanol–water partition coefficient (Wildman–Crippen LogP) is 3.75. The Morgan fingerprint density at radius 3 is 2.76 bits per heavy atom. The highest BCUT2D eigenvalue weighted by Gasteiger charge is 2.09. The Kier molecular flexibility index (Phi) is 5.59. The summed E-state index contributed by atoms with van der Waals surface area (Å²) in [5.74, 6) is -0.285. The van der Waals surface area contributed by atoms with Crippen LogP contribution in [0.5, 0.6) is 5.75 Å². The largest absolute Gasteiger partial charge is 0.488 e. The van der Waals surface area contributed by atoms with Gasteiger partial charge in [0.15, 0.2) is 11.6 Å². The van der Waals surface area contributed by atoms with E-state index in [4.69, 9.17) is 4.74 Å². The maximum absolute atomic E-state index is 13.4. The van der Waals surface area contributed by atoms with Gasteiger partial charge in [0.2, 0.25) is 0 Å². The normalized spacial score (nSPS) is 12.0. The Morgan fingerprint density at radius 1 is 1.24 bits per heavy atom. The second kappa shape index (κ2) is 7.43. The quantitative estimate of drug-likeness (QED) is 0.830. The van der Waals surface area contributed by atoms with Crippen molar-refractivity contribution in [2.45, 2.75) is 13.0 Å². The fourth-order valence-corrected chi connectivity index (χ4v) is 2.22. The van der Waals surface area contributed by atoms with Gasteiger partial charge in [-0.25, -0.2) is 4.39 Å². The van der Waals surface area contributed by atoms with E-state index >= 15 is 0 Å². The van der Waals surface area contributed by atoms with Crippen molar-refractivity contribution < 1.29 is 14.2 Å². The Hall–Kier alpha value is -1.59. The van der Waals surface area contributed by atoms with Crippen LogP contribution in [0.3, 0.4) is 0 Å². The molecule has 0 aliphatic carbocycles. The van der Waals surface area contributed by atoms with E-state index in [2.05, 4.69) is 21.2 Å². The maximum Gasteiger partial charge on any atom is 0.165 e. The Labute approximate surface area is 131 Å². The molecule has 1 atom stereocenters. The number of ether oxygens (including phenoxy) is 1. The molecule has 0 amide bonds. The van der Waals surface area contributed by atoms with Gasteiger partial charge < -0.3 is 15.2 Å². The minimum absolute atomic E-state index is 0.0252. The molecule has 2 rings (SSSR count). The maximum atomic E-state index is 13.4. The zero-order valence-electron chi connectivity index (χ0n) is 11.6. The molecule has 0 aliphatic rings. The zero-order chi connectivity index (χ0) is 15.2. The Morgan fingerprint density at radius 2 is 2.00 bits per heavy atom. The highest BCUT2D eigenvalue weighted by atomic mass is 79.9. The molecular formula is C16H17BrFNO2. The van der Waals surface area contributed by atoms with Crippen LogP contribution >= 0.6 is 15.9 Å². The predicted molar refractivity (Wildman–Crippen MR) is 85.3 cm³/mol. The van der Waals surface area contributed by atoms with Gasteiger partial charge in [0.25, 0.3) is 0 Å². The summed E-state index contributed by atoms with van der Waals surface area (Å²) in [6, 6.07) is 12.0. The SMILES string of the molecule is Cc1cccc(NCC(O)COc2ccccc2F)c1Br. The topological polar surface area (TPSA) is 41.5 Å². The summed E-state index contributed by atoms with van der Waals surface area (Å²) in [5.41, 5.74) is 2.01. The number of aryl methyl sites for hydroxylation is 1. The molecule has 0 bridgehead atoms. The number of nitrogens with one attached hydrogen (secondary N) is 1. The van der Waals surface area contributed by atoms with Crippen LogP contribution in [0, 0.1) is 12.7 Å². The molecule has 1 unspecified atom stereocenters. The van der Waals surface area contributed by atoms with Crippen molar-refractivity contribution in [1.29, 1.82) is 0 Å². The molecule has 2 aromatic carbocycles. The molecular weight excluding hydrogens is 337 g/mol. The van der Waals surface area contributed by atoms with Crippen LogP contribution < -0.4 is 10.1 Å². The summed E-state index contributed by atoms with van der Waals surface area (Å²) in [5, 5.41) is 13.0. The summed E-state index contributed by atoms with van der Waals surface area (Å²) in [7, 11) is 0. The number of halogens is 2. The third kappa shape index (κ3) is 4.44. The second-order valence-corrected chi connectivity index (χ2v) is 5.51. The van der Waals surface area contributed by atoms with Gasteiger partial charge in [-0.2, -0.15) is 0 Å². The molecule has 0 fully saturated rings. The number of anilines is 1. The lowest BCUT2D eigenvalue weighted by molar-refractivity contribution is 0.115. The summed E-state index contributed by atoms with van der Waals surface area (Å²) >= 11 is 3.49. The first-order valence-electron chi connectivity index (χ1n) is 6.62. The van der Waals surface area contributed by atoms with Crippen LogP contribution in [0.2, 0.25) is 0 Å². The smallest absolute Gasteiger partial charge is 0.165 e. The van der Waals surface area contributed by atoms with Crippen LogP contribution in [0.25, 0.3) is 0 Å². The van der Waals surface area contributed by atoms with E-state index in [1.807, 2.05) is 25.1 Å². The monoisotopic (exact) mass is 353 g/mol. The molecule has 0 aliphatic heterocycles. The van der Waals surface area contributed by atoms with Crippen molar-refractivity contribution in [3.8, 4) is 5.75 Å². The number of para-hydroxylation sites is 1. The minimum atomic E-state index is -0.739. The summed E-state index contributed by atoms with van der Waals surface area (Å²) in [4.78, 5) is 0. The third-order valence-corrected chi connectivity index (χ3v) is 4.04. The number of aliphatic hydroxyl groups is 1. The molecule has 21 heavy (non-hydrogen) atoms. The van der Waals surface area contributed by atoms with E-state index in [0.717, 1.165) is 15.7 Å². The summed E-state index contributed by atoms with van der Waals surface area (Å²) in [6.07, 6.45) is -0.739. The molecule has 0 saturated heterocycles. The summed E-state index contributed by atoms with van der Waals surface area (Å²) in [6.45, 7) is 2.33. The summed E-state index contributed by atoms with van der Waals surface area (Å²) < 4.78 is 19.6. The van der Waals surface area contributed by atoms with Crippen molar-refractivity contribution in [2.24, 2.45) is 0 Å². The zero-order valence-corrected chi connectivity index (χ0v) is 13.2. The van der Waals surface area contributed by atoms with E-state index in [1.165, 1.54) is 12.1 Å². The molecule has 3 nitrogen and oxygen atoms in total. The highest BCUT2D eigenvalue weighted by molar-refractivity contribution is 9.10. The van der Waals surface area contributed by atoms with Crippen molar-refractivity contribution >= 4 is 21.6 Å². The lowest BCUT2D eigenvalue weighted by Crippen LogP contribution is -2.26. The van der Waals surface area contributed by atoms with Crippen LogP contribution in [-0.2, 0) is 0 Å². The molecule has 5 heteroatoms. The van der Waals surface area contributed by atoms with Gasteiger partial charge in [0.1, 0.15) is 12.7 Å². The van der Waals surface area contributed by atoms with E-state index in [0.29, 0.717) is 6.54 Å². The highest BCUT2D eigenvalue weighted by Crippen LogP contribution is 2.25. The third-order valence-electron chi connectivity index (χ3n) is 2.99. The molecule has 0 radical (unpaired) electrons. The van der Waals surface area contributed by atoms with Crippen molar-refractivity contribution in [2.75, 3.05) is 18.5 Å². The fourth-order valence-electron chi connectivity index (χ4n) is 1.82. The molecule has 112 valence electrons. The molecule has 0 aromatic heterocycles. The van der Waals surface area contributed by atoms with Crippen molar-refractivity contribution in [3.05, 3.63) is 58.3 Å². The van der Waals surface area contributed by atoms with Crippen LogP contribution in [0.15, 0.2) is 46.9 Å². The van der Waals surface area contributed by atoms with Crippen LogP contribution in [0.4, 0.5) is 10.1 Å². The second-order valence-electron chi connectivity index (χ2n) is 4.71. The molecule has 2 aromatic rings. The van der Waals surface area contributed by atoms with E-state index in [1.54, 1.807) is 12.1 Å². The standard InChI is InChI=1S/C16H17BrFNO2/c1-11-5-4-7-14(16(11)17)19-9-12(20)10-21-15-8-3-2-6-13(15)18/h2-8,12,19-20H,9-10H2,1H3. The van der Waals surface area contributed by atoms with E-state index in [-0.39, 0.29) is 12.4 Å². The molecule has 0 saturated carbocycles. The van der Waals surface area contributed by atoms with Gasteiger partial charge in [-0.3, -0.25) is 0 Å². The molecule has 2 N–H and O–H groups in total.